The molecule has 1 fully saturated rings. The van der Waals surface area contributed by atoms with E-state index in [1.54, 1.807) is 17.0 Å². The number of nitrogens with one attached hydrogen (secondary N) is 1. The van der Waals surface area contributed by atoms with E-state index < -0.39 is 16.1 Å². The zero-order chi connectivity index (χ0) is 23.6. The van der Waals surface area contributed by atoms with Crippen LogP contribution >= 0.6 is 0 Å². The minimum absolute atomic E-state index is 0.0964. The van der Waals surface area contributed by atoms with Crippen molar-refractivity contribution in [1.82, 2.24) is 24.2 Å². The monoisotopic (exact) mass is 471 g/mol. The molecular formula is C23H29N5O4S. The normalized spacial score (nSPS) is 16.3. The molecule has 1 aliphatic rings. The molecule has 3 aromatic rings. The number of nitrogens with zero attached hydrogens (tertiary/aromatic N) is 4. The molecular weight excluding hydrogens is 442 g/mol. The van der Waals surface area contributed by atoms with Crippen LogP contribution in [0.4, 0.5) is 0 Å². The highest BCUT2D eigenvalue weighted by molar-refractivity contribution is 7.89. The van der Waals surface area contributed by atoms with Crippen LogP contribution in [0.5, 0.6) is 5.75 Å². The van der Waals surface area contributed by atoms with E-state index in [9.17, 15) is 13.2 Å². The first-order valence-electron chi connectivity index (χ1n) is 11.0. The van der Waals surface area contributed by atoms with Crippen molar-refractivity contribution < 1.29 is 17.9 Å². The van der Waals surface area contributed by atoms with Gasteiger partial charge in [-0.25, -0.2) is 8.42 Å². The van der Waals surface area contributed by atoms with Crippen LogP contribution in [0.25, 0.3) is 5.65 Å². The van der Waals surface area contributed by atoms with E-state index in [0.29, 0.717) is 18.8 Å². The second kappa shape index (κ2) is 9.48. The number of carbonyl (C=O) groups excluding carboxylic acids is 1. The molecule has 1 atom stereocenters. The number of piperidine rings is 1. The first-order chi connectivity index (χ1) is 15.8. The first-order valence-corrected chi connectivity index (χ1v) is 12.5. The molecule has 0 aliphatic carbocycles. The van der Waals surface area contributed by atoms with Gasteiger partial charge in [0.15, 0.2) is 5.65 Å². The number of likely N-dealkylation sites (tertiary alicyclic amines) is 1. The summed E-state index contributed by atoms with van der Waals surface area (Å²) in [6.07, 6.45) is 3.44. The van der Waals surface area contributed by atoms with Gasteiger partial charge in [-0.15, -0.1) is 10.2 Å². The Labute approximate surface area is 193 Å². The van der Waals surface area contributed by atoms with Gasteiger partial charge in [-0.2, -0.15) is 4.72 Å². The van der Waals surface area contributed by atoms with Crippen molar-refractivity contribution in [3.63, 3.8) is 0 Å². The molecule has 1 aromatic carbocycles. The Bertz CT molecular complexity index is 1220. The van der Waals surface area contributed by atoms with E-state index in [0.717, 1.165) is 24.3 Å². The number of hydrogen-bond donors (Lipinski definition) is 1. The predicted octanol–water partition coefficient (Wildman–Crippen LogP) is 2.45. The smallest absolute Gasteiger partial charge is 0.241 e. The van der Waals surface area contributed by atoms with Crippen LogP contribution in [0.2, 0.25) is 0 Å². The Balaban J connectivity index is 1.44. The molecule has 1 aliphatic heterocycles. The van der Waals surface area contributed by atoms with Gasteiger partial charge in [0.2, 0.25) is 15.9 Å². The fourth-order valence-corrected chi connectivity index (χ4v) is 5.49. The Kier molecular flexibility index (Phi) is 6.66. The number of pyridine rings is 1. The molecule has 9 nitrogen and oxygen atoms in total. The molecule has 0 spiro atoms. The molecule has 1 N–H and O–H groups in total. The van der Waals surface area contributed by atoms with Gasteiger partial charge in [-0.1, -0.05) is 19.9 Å². The van der Waals surface area contributed by atoms with Gasteiger partial charge >= 0.3 is 0 Å². The number of methoxy groups -OCH3 is 1. The minimum atomic E-state index is -3.86. The van der Waals surface area contributed by atoms with Crippen molar-refractivity contribution in [2.45, 2.75) is 43.5 Å². The maximum atomic E-state index is 13.3. The van der Waals surface area contributed by atoms with Crippen LogP contribution in [0.15, 0.2) is 53.6 Å². The third kappa shape index (κ3) is 4.86. The van der Waals surface area contributed by atoms with Crippen molar-refractivity contribution in [2.75, 3.05) is 20.2 Å². The van der Waals surface area contributed by atoms with Gasteiger partial charge in [0, 0.05) is 25.2 Å². The topological polar surface area (TPSA) is 106 Å². The molecule has 2 aromatic heterocycles. The third-order valence-electron chi connectivity index (χ3n) is 6.10. The van der Waals surface area contributed by atoms with Crippen molar-refractivity contribution in [2.24, 2.45) is 5.92 Å². The summed E-state index contributed by atoms with van der Waals surface area (Å²) in [5.41, 5.74) is 0.804. The summed E-state index contributed by atoms with van der Waals surface area (Å²) < 4.78 is 35.6. The molecule has 3 heterocycles. The largest absolute Gasteiger partial charge is 0.497 e. The number of sulfonamides is 1. The van der Waals surface area contributed by atoms with Gasteiger partial charge in [-0.3, -0.25) is 9.20 Å². The van der Waals surface area contributed by atoms with Crippen molar-refractivity contribution >= 4 is 21.6 Å². The Hall–Kier alpha value is -2.98. The number of carbonyl (C=O) groups is 1. The van der Waals surface area contributed by atoms with Gasteiger partial charge < -0.3 is 9.64 Å². The lowest BCUT2D eigenvalue weighted by Gasteiger charge is -2.34. The summed E-state index contributed by atoms with van der Waals surface area (Å²) in [5.74, 6) is 1.25. The second-order valence-corrected chi connectivity index (χ2v) is 10.3. The zero-order valence-electron chi connectivity index (χ0n) is 19.0. The fourth-order valence-electron chi connectivity index (χ4n) is 4.15. The standard InChI is InChI=1S/C23H29N5O4S/c1-16(2)21(26-33(30,31)19-9-7-18(32-3)8-10-19)23(29)27-14-11-17(12-15-27)22-25-24-20-6-4-5-13-28(20)22/h4-10,13,16-17,21,26H,11-12,14-15H2,1-3H3/t21-/m0/s1. The number of benzene rings is 1. The van der Waals surface area contributed by atoms with E-state index in [-0.39, 0.29) is 22.6 Å². The average Bonchev–Trinajstić information content (AvgIpc) is 3.26. The molecule has 1 amide bonds. The number of aromatic nitrogens is 3. The van der Waals surface area contributed by atoms with Crippen LogP contribution < -0.4 is 9.46 Å². The molecule has 0 saturated carbocycles. The summed E-state index contributed by atoms with van der Waals surface area (Å²) in [7, 11) is -2.34. The van der Waals surface area contributed by atoms with Gasteiger partial charge in [0.05, 0.1) is 12.0 Å². The van der Waals surface area contributed by atoms with Gasteiger partial charge in [0.25, 0.3) is 0 Å². The van der Waals surface area contributed by atoms with Crippen molar-refractivity contribution in [3.05, 3.63) is 54.5 Å². The molecule has 1 saturated heterocycles. The zero-order valence-corrected chi connectivity index (χ0v) is 19.8. The summed E-state index contributed by atoms with van der Waals surface area (Å²) in [5, 5.41) is 8.58. The lowest BCUT2D eigenvalue weighted by atomic mass is 9.94. The average molecular weight is 472 g/mol. The van der Waals surface area contributed by atoms with E-state index in [2.05, 4.69) is 14.9 Å². The van der Waals surface area contributed by atoms with E-state index in [4.69, 9.17) is 4.74 Å². The highest BCUT2D eigenvalue weighted by Gasteiger charge is 2.34. The van der Waals surface area contributed by atoms with Gasteiger partial charge in [-0.05, 0) is 55.2 Å². The van der Waals surface area contributed by atoms with Crippen LogP contribution in [0.3, 0.4) is 0 Å². The summed E-state index contributed by atoms with van der Waals surface area (Å²) >= 11 is 0. The molecule has 33 heavy (non-hydrogen) atoms. The van der Waals surface area contributed by atoms with Crippen molar-refractivity contribution in [1.29, 1.82) is 0 Å². The summed E-state index contributed by atoms with van der Waals surface area (Å²) in [4.78, 5) is 15.1. The third-order valence-corrected chi connectivity index (χ3v) is 7.55. The molecule has 4 rings (SSSR count). The van der Waals surface area contributed by atoms with Crippen LogP contribution in [-0.2, 0) is 14.8 Å². The molecule has 0 unspecified atom stereocenters. The van der Waals surface area contributed by atoms with Crippen LogP contribution in [0.1, 0.15) is 38.4 Å². The molecule has 10 heteroatoms. The van der Waals surface area contributed by atoms with E-state index >= 15 is 0 Å². The van der Waals surface area contributed by atoms with Crippen LogP contribution in [0, 0.1) is 5.92 Å². The maximum absolute atomic E-state index is 13.3. The number of amides is 1. The minimum Gasteiger partial charge on any atom is -0.497 e. The molecule has 0 radical (unpaired) electrons. The van der Waals surface area contributed by atoms with Crippen molar-refractivity contribution in [3.8, 4) is 5.75 Å². The highest BCUT2D eigenvalue weighted by Crippen LogP contribution is 2.28. The Morgan fingerprint density at radius 2 is 1.79 bits per heavy atom. The summed E-state index contributed by atoms with van der Waals surface area (Å²) in [6, 6.07) is 11.0. The van der Waals surface area contributed by atoms with Crippen LogP contribution in [-0.4, -0.2) is 60.1 Å². The number of hydrogen-bond acceptors (Lipinski definition) is 6. The predicted molar refractivity (Wildman–Crippen MR) is 123 cm³/mol. The Morgan fingerprint density at radius 3 is 2.42 bits per heavy atom. The lowest BCUT2D eigenvalue weighted by molar-refractivity contribution is -0.135. The number of ether oxygens (including phenoxy) is 1. The highest BCUT2D eigenvalue weighted by atomic mass is 32.2. The van der Waals surface area contributed by atoms with Gasteiger partial charge in [0.1, 0.15) is 17.6 Å². The number of fused-ring (bicyclic) bond motifs is 1. The first kappa shape index (κ1) is 23.2. The Morgan fingerprint density at radius 1 is 1.09 bits per heavy atom. The van der Waals surface area contributed by atoms with E-state index in [1.165, 1.54) is 19.2 Å². The molecule has 176 valence electrons. The number of rotatable bonds is 7. The lowest BCUT2D eigenvalue weighted by Crippen LogP contribution is -2.52. The second-order valence-electron chi connectivity index (χ2n) is 8.61. The SMILES string of the molecule is COc1ccc(S(=O)(=O)N[C@H](C(=O)N2CCC(c3nnc4ccccn34)CC2)C(C)C)cc1. The quantitative estimate of drug-likeness (QED) is 0.567. The maximum Gasteiger partial charge on any atom is 0.241 e. The molecule has 0 bridgehead atoms. The fraction of sp³-hybridized carbons (Fsp3) is 0.435. The van der Waals surface area contributed by atoms with E-state index in [1.807, 2.05) is 42.6 Å². The summed E-state index contributed by atoms with van der Waals surface area (Å²) in [6.45, 7) is 4.76.